The van der Waals surface area contributed by atoms with Crippen molar-refractivity contribution in [3.8, 4) is 0 Å². The molecule has 6 nitrogen and oxygen atoms in total. The molecule has 2 aromatic rings. The van der Waals surface area contributed by atoms with Gasteiger partial charge in [-0.1, -0.05) is 23.4 Å². The number of rotatable bonds is 3. The van der Waals surface area contributed by atoms with Gasteiger partial charge in [-0.15, -0.1) is 0 Å². The first-order valence-electron chi connectivity index (χ1n) is 8.35. The summed E-state index contributed by atoms with van der Waals surface area (Å²) >= 11 is 7.36. The predicted molar refractivity (Wildman–Crippen MR) is 97.5 cm³/mol. The average molecular weight is 379 g/mol. The molecule has 25 heavy (non-hydrogen) atoms. The van der Waals surface area contributed by atoms with E-state index in [4.69, 9.17) is 16.3 Å². The van der Waals surface area contributed by atoms with Gasteiger partial charge in [-0.2, -0.15) is 0 Å². The second kappa shape index (κ2) is 6.97. The number of halogens is 1. The average Bonchev–Trinajstić information content (AvgIpc) is 3.09. The number of H-pyrrole nitrogens is 1. The summed E-state index contributed by atoms with van der Waals surface area (Å²) in [6, 6.07) is 1.76. The van der Waals surface area contributed by atoms with Gasteiger partial charge in [-0.05, 0) is 30.7 Å². The van der Waals surface area contributed by atoms with E-state index < -0.39 is 0 Å². The van der Waals surface area contributed by atoms with E-state index in [1.807, 2.05) is 0 Å². The summed E-state index contributed by atoms with van der Waals surface area (Å²) in [4.78, 5) is 26.1. The Labute approximate surface area is 155 Å². The van der Waals surface area contributed by atoms with Crippen LogP contribution in [0.4, 0.5) is 5.82 Å². The van der Waals surface area contributed by atoms with Gasteiger partial charge >= 0.3 is 0 Å². The molecule has 0 atom stereocenters. The fourth-order valence-electron chi connectivity index (χ4n) is 3.41. The fourth-order valence-corrected chi connectivity index (χ4v) is 4.40. The molecule has 0 aromatic carbocycles. The molecule has 0 amide bonds. The third kappa shape index (κ3) is 3.54. The lowest BCUT2D eigenvalue weighted by Gasteiger charge is -2.38. The number of aromatic nitrogens is 3. The van der Waals surface area contributed by atoms with E-state index in [0.29, 0.717) is 15.3 Å². The van der Waals surface area contributed by atoms with Gasteiger partial charge in [-0.3, -0.25) is 4.79 Å². The van der Waals surface area contributed by atoms with E-state index in [-0.39, 0.29) is 10.6 Å². The highest BCUT2D eigenvalue weighted by molar-refractivity contribution is 7.99. The van der Waals surface area contributed by atoms with Gasteiger partial charge in [0.25, 0.3) is 5.56 Å². The highest BCUT2D eigenvalue weighted by Crippen LogP contribution is 2.40. The zero-order valence-electron chi connectivity index (χ0n) is 13.7. The third-order valence-corrected chi connectivity index (χ3v) is 6.49. The summed E-state index contributed by atoms with van der Waals surface area (Å²) in [5.74, 6) is 0.898. The second-order valence-electron chi connectivity index (χ2n) is 6.59. The first kappa shape index (κ1) is 16.9. The van der Waals surface area contributed by atoms with Crippen LogP contribution in [0.25, 0.3) is 0 Å². The number of ether oxygens (including phenoxy) is 1. The van der Waals surface area contributed by atoms with Crippen LogP contribution in [0.2, 0.25) is 5.02 Å². The first-order chi connectivity index (χ1) is 12.2. The van der Waals surface area contributed by atoms with Crippen molar-refractivity contribution in [2.45, 2.75) is 29.2 Å². The SMILES string of the molecule is O=c1[nH]ccc(Sc2cnc(N3CCC4(CCOC4)CC3)cn2)c1Cl. The van der Waals surface area contributed by atoms with Crippen molar-refractivity contribution < 1.29 is 4.74 Å². The lowest BCUT2D eigenvalue weighted by atomic mass is 9.78. The van der Waals surface area contributed by atoms with E-state index in [9.17, 15) is 4.79 Å². The molecule has 1 N–H and O–H groups in total. The standard InChI is InChI=1S/C17H19ClN4O2S/c18-15-12(1-5-19-16(15)23)25-14-10-20-13(9-21-14)22-6-2-17(3-7-22)4-8-24-11-17/h1,5,9-10H,2-4,6-8,11H2,(H,19,23). The van der Waals surface area contributed by atoms with Crippen molar-refractivity contribution in [1.29, 1.82) is 0 Å². The minimum Gasteiger partial charge on any atom is -0.381 e. The number of aromatic amines is 1. The molecular weight excluding hydrogens is 360 g/mol. The van der Waals surface area contributed by atoms with E-state index in [2.05, 4.69) is 19.9 Å². The van der Waals surface area contributed by atoms with Crippen LogP contribution >= 0.6 is 23.4 Å². The number of hydrogen-bond donors (Lipinski definition) is 1. The third-order valence-electron chi connectivity index (χ3n) is 5.03. The summed E-state index contributed by atoms with van der Waals surface area (Å²) in [6.45, 7) is 3.78. The lowest BCUT2D eigenvalue weighted by Crippen LogP contribution is -2.40. The largest absolute Gasteiger partial charge is 0.381 e. The Morgan fingerprint density at radius 1 is 1.24 bits per heavy atom. The summed E-state index contributed by atoms with van der Waals surface area (Å²) < 4.78 is 5.58. The number of pyridine rings is 1. The fraction of sp³-hybridized carbons (Fsp3) is 0.471. The number of nitrogens with one attached hydrogen (secondary N) is 1. The van der Waals surface area contributed by atoms with Gasteiger partial charge in [-0.25, -0.2) is 9.97 Å². The van der Waals surface area contributed by atoms with Crippen LogP contribution in [0.15, 0.2) is 39.4 Å². The van der Waals surface area contributed by atoms with Crippen molar-refractivity contribution in [3.63, 3.8) is 0 Å². The summed E-state index contributed by atoms with van der Waals surface area (Å²) in [5, 5.41) is 0.896. The molecule has 2 saturated heterocycles. The highest BCUT2D eigenvalue weighted by Gasteiger charge is 2.38. The second-order valence-corrected chi connectivity index (χ2v) is 8.03. The van der Waals surface area contributed by atoms with Gasteiger partial charge in [0.05, 0.1) is 19.0 Å². The summed E-state index contributed by atoms with van der Waals surface area (Å²) in [7, 11) is 0. The van der Waals surface area contributed by atoms with Crippen molar-refractivity contribution in [1.82, 2.24) is 15.0 Å². The van der Waals surface area contributed by atoms with E-state index in [1.54, 1.807) is 24.7 Å². The quantitative estimate of drug-likeness (QED) is 0.885. The zero-order chi connectivity index (χ0) is 17.3. The van der Waals surface area contributed by atoms with Gasteiger partial charge in [0.1, 0.15) is 15.9 Å². The minimum absolute atomic E-state index is 0.179. The Balaban J connectivity index is 1.42. The Morgan fingerprint density at radius 3 is 2.76 bits per heavy atom. The first-order valence-corrected chi connectivity index (χ1v) is 9.55. The molecule has 2 aromatic heterocycles. The molecule has 2 aliphatic rings. The van der Waals surface area contributed by atoms with Crippen LogP contribution in [0, 0.1) is 5.41 Å². The molecule has 8 heteroatoms. The van der Waals surface area contributed by atoms with Crippen LogP contribution in [-0.2, 0) is 4.74 Å². The molecule has 0 unspecified atom stereocenters. The molecule has 0 radical (unpaired) electrons. The van der Waals surface area contributed by atoms with Gasteiger partial charge in [0, 0.05) is 30.8 Å². The molecule has 0 saturated carbocycles. The Bertz CT molecular complexity index is 795. The summed E-state index contributed by atoms with van der Waals surface area (Å²) in [5.41, 5.74) is 0.0889. The van der Waals surface area contributed by atoms with Crippen molar-refractivity contribution in [2.24, 2.45) is 5.41 Å². The smallest absolute Gasteiger partial charge is 0.267 e. The molecule has 0 aliphatic carbocycles. The van der Waals surface area contributed by atoms with Gasteiger partial charge < -0.3 is 14.6 Å². The molecule has 132 valence electrons. The van der Waals surface area contributed by atoms with Crippen molar-refractivity contribution in [2.75, 3.05) is 31.2 Å². The van der Waals surface area contributed by atoms with Crippen LogP contribution < -0.4 is 10.5 Å². The Hall–Kier alpha value is -1.57. The highest BCUT2D eigenvalue weighted by atomic mass is 35.5. The van der Waals surface area contributed by atoms with Crippen LogP contribution in [0.3, 0.4) is 0 Å². The van der Waals surface area contributed by atoms with Crippen molar-refractivity contribution in [3.05, 3.63) is 40.0 Å². The molecule has 1 spiro atoms. The maximum absolute atomic E-state index is 11.5. The molecule has 2 aliphatic heterocycles. The van der Waals surface area contributed by atoms with Crippen LogP contribution in [-0.4, -0.2) is 41.3 Å². The molecular formula is C17H19ClN4O2S. The van der Waals surface area contributed by atoms with Gasteiger partial charge in [0.2, 0.25) is 0 Å². The van der Waals surface area contributed by atoms with E-state index in [1.165, 1.54) is 18.2 Å². The Kier molecular flexibility index (Phi) is 4.71. The Morgan fingerprint density at radius 2 is 2.08 bits per heavy atom. The number of hydrogen-bond acceptors (Lipinski definition) is 6. The lowest BCUT2D eigenvalue weighted by molar-refractivity contribution is 0.133. The zero-order valence-corrected chi connectivity index (χ0v) is 15.3. The number of nitrogens with zero attached hydrogens (tertiary/aromatic N) is 3. The molecule has 4 heterocycles. The van der Waals surface area contributed by atoms with Crippen LogP contribution in [0.5, 0.6) is 0 Å². The van der Waals surface area contributed by atoms with Gasteiger partial charge in [0.15, 0.2) is 0 Å². The minimum atomic E-state index is -0.297. The molecule has 0 bridgehead atoms. The normalized spacial score (nSPS) is 19.5. The monoisotopic (exact) mass is 378 g/mol. The maximum Gasteiger partial charge on any atom is 0.267 e. The predicted octanol–water partition coefficient (Wildman–Crippen LogP) is 2.98. The number of anilines is 1. The molecule has 4 rings (SSSR count). The topological polar surface area (TPSA) is 71.1 Å². The van der Waals surface area contributed by atoms with E-state index >= 15 is 0 Å². The summed E-state index contributed by atoms with van der Waals surface area (Å²) in [6.07, 6.45) is 8.59. The number of piperidine rings is 1. The van der Waals surface area contributed by atoms with Crippen LogP contribution in [0.1, 0.15) is 19.3 Å². The maximum atomic E-state index is 11.5. The van der Waals surface area contributed by atoms with Crippen molar-refractivity contribution >= 4 is 29.2 Å². The van der Waals surface area contributed by atoms with E-state index in [0.717, 1.165) is 45.0 Å². The molecule has 2 fully saturated rings.